The standard InChI is InChI=1S/C11H10BrNO3/c1-2-7(11(14)15)10-8-4-3-6(12)5-9(8)13-16-10/h3-5,7H,2H2,1H3,(H,14,15). The van der Waals surface area contributed by atoms with Crippen LogP contribution < -0.4 is 0 Å². The Labute approximate surface area is 100 Å². The molecule has 0 spiro atoms. The molecule has 0 saturated heterocycles. The van der Waals surface area contributed by atoms with Crippen LogP contribution >= 0.6 is 15.9 Å². The third-order valence-corrected chi connectivity index (χ3v) is 2.98. The molecule has 0 bridgehead atoms. The van der Waals surface area contributed by atoms with Gasteiger partial charge in [-0.3, -0.25) is 4.79 Å². The quantitative estimate of drug-likeness (QED) is 0.940. The van der Waals surface area contributed by atoms with Crippen LogP contribution in [-0.2, 0) is 4.79 Å². The van der Waals surface area contributed by atoms with Crippen LogP contribution in [0.4, 0.5) is 0 Å². The summed E-state index contributed by atoms with van der Waals surface area (Å²) in [7, 11) is 0. The van der Waals surface area contributed by atoms with E-state index >= 15 is 0 Å². The summed E-state index contributed by atoms with van der Waals surface area (Å²) in [5.74, 6) is -1.09. The van der Waals surface area contributed by atoms with Crippen molar-refractivity contribution in [2.24, 2.45) is 0 Å². The number of aromatic nitrogens is 1. The number of hydrogen-bond donors (Lipinski definition) is 1. The first-order chi connectivity index (χ1) is 7.63. The number of carboxylic acids is 1. The van der Waals surface area contributed by atoms with Crippen molar-refractivity contribution in [1.82, 2.24) is 5.16 Å². The zero-order valence-corrected chi connectivity index (χ0v) is 10.2. The van der Waals surface area contributed by atoms with Gasteiger partial charge < -0.3 is 9.63 Å². The monoisotopic (exact) mass is 283 g/mol. The Morgan fingerprint density at radius 1 is 1.62 bits per heavy atom. The van der Waals surface area contributed by atoms with Gasteiger partial charge in [-0.25, -0.2) is 0 Å². The van der Waals surface area contributed by atoms with Gasteiger partial charge in [-0.1, -0.05) is 28.0 Å². The second kappa shape index (κ2) is 4.25. The summed E-state index contributed by atoms with van der Waals surface area (Å²) in [6.45, 7) is 1.81. The van der Waals surface area contributed by atoms with Crippen molar-refractivity contribution in [3.63, 3.8) is 0 Å². The number of rotatable bonds is 3. The van der Waals surface area contributed by atoms with Crippen molar-refractivity contribution in [2.45, 2.75) is 19.3 Å². The zero-order chi connectivity index (χ0) is 11.7. The molecule has 0 fully saturated rings. The van der Waals surface area contributed by atoms with Crippen molar-refractivity contribution < 1.29 is 14.4 Å². The maximum absolute atomic E-state index is 11.0. The van der Waals surface area contributed by atoms with E-state index in [1.165, 1.54) is 0 Å². The Bertz CT molecular complexity index is 535. The van der Waals surface area contributed by atoms with Gasteiger partial charge in [0.1, 0.15) is 11.4 Å². The number of carboxylic acid groups (broad SMARTS) is 1. The van der Waals surface area contributed by atoms with Crippen LogP contribution in [0.3, 0.4) is 0 Å². The van der Waals surface area contributed by atoms with Crippen LogP contribution in [0.1, 0.15) is 25.0 Å². The second-order valence-corrected chi connectivity index (χ2v) is 4.42. The van der Waals surface area contributed by atoms with Crippen molar-refractivity contribution in [1.29, 1.82) is 0 Å². The molecule has 1 unspecified atom stereocenters. The normalized spacial score (nSPS) is 12.9. The van der Waals surface area contributed by atoms with Crippen molar-refractivity contribution in [3.8, 4) is 0 Å². The number of hydrogen-bond acceptors (Lipinski definition) is 3. The maximum atomic E-state index is 11.0. The van der Waals surface area contributed by atoms with Crippen LogP contribution in [0.15, 0.2) is 27.2 Å². The first-order valence-corrected chi connectivity index (χ1v) is 5.70. The fourth-order valence-corrected chi connectivity index (χ4v) is 2.01. The summed E-state index contributed by atoms with van der Waals surface area (Å²) in [5.41, 5.74) is 0.670. The molecule has 2 rings (SSSR count). The fourth-order valence-electron chi connectivity index (χ4n) is 1.66. The highest BCUT2D eigenvalue weighted by molar-refractivity contribution is 9.10. The molecule has 0 radical (unpaired) electrons. The molecule has 1 aromatic carbocycles. The van der Waals surface area contributed by atoms with Gasteiger partial charge in [0.05, 0.1) is 0 Å². The molecule has 1 aromatic heterocycles. The van der Waals surface area contributed by atoms with Gasteiger partial charge in [0.15, 0.2) is 5.76 Å². The molecule has 16 heavy (non-hydrogen) atoms. The van der Waals surface area contributed by atoms with E-state index in [1.807, 2.05) is 19.1 Å². The number of halogens is 1. The topological polar surface area (TPSA) is 63.3 Å². The van der Waals surface area contributed by atoms with Gasteiger partial charge in [0.2, 0.25) is 0 Å². The molecular formula is C11H10BrNO3. The molecular weight excluding hydrogens is 274 g/mol. The first kappa shape index (κ1) is 11.1. The van der Waals surface area contributed by atoms with E-state index in [0.717, 1.165) is 9.86 Å². The highest BCUT2D eigenvalue weighted by Gasteiger charge is 2.24. The van der Waals surface area contributed by atoms with Crippen molar-refractivity contribution >= 4 is 32.8 Å². The van der Waals surface area contributed by atoms with E-state index in [4.69, 9.17) is 9.63 Å². The number of carbonyl (C=O) groups is 1. The van der Waals surface area contributed by atoms with Crippen LogP contribution in [0.2, 0.25) is 0 Å². The third-order valence-electron chi connectivity index (χ3n) is 2.49. The minimum absolute atomic E-state index is 0.428. The minimum Gasteiger partial charge on any atom is -0.481 e. The number of fused-ring (bicyclic) bond motifs is 1. The molecule has 2 aromatic rings. The predicted molar refractivity (Wildman–Crippen MR) is 62.4 cm³/mol. The summed E-state index contributed by atoms with van der Waals surface area (Å²) in [6.07, 6.45) is 0.482. The average molecular weight is 284 g/mol. The SMILES string of the molecule is CCC(C(=O)O)c1onc2cc(Br)ccc12. The first-order valence-electron chi connectivity index (χ1n) is 4.91. The Balaban J connectivity index is 2.57. The summed E-state index contributed by atoms with van der Waals surface area (Å²) in [6, 6.07) is 5.46. The third kappa shape index (κ3) is 1.82. The van der Waals surface area contributed by atoms with E-state index in [0.29, 0.717) is 17.7 Å². The molecule has 0 aliphatic rings. The Kier molecular flexibility index (Phi) is 2.96. The Morgan fingerprint density at radius 2 is 2.38 bits per heavy atom. The van der Waals surface area contributed by atoms with Gasteiger partial charge in [0.25, 0.3) is 0 Å². The lowest BCUT2D eigenvalue weighted by Gasteiger charge is -2.04. The molecule has 0 aliphatic carbocycles. The summed E-state index contributed by atoms with van der Waals surface area (Å²) >= 11 is 3.33. The minimum atomic E-state index is -0.886. The molecule has 0 aliphatic heterocycles. The summed E-state index contributed by atoms with van der Waals surface area (Å²) in [5, 5.41) is 13.7. The molecule has 84 valence electrons. The molecule has 0 amide bonds. The van der Waals surface area contributed by atoms with Crippen LogP contribution in [0, 0.1) is 0 Å². The van der Waals surface area contributed by atoms with Crippen molar-refractivity contribution in [3.05, 3.63) is 28.4 Å². The zero-order valence-electron chi connectivity index (χ0n) is 8.61. The van der Waals surface area contributed by atoms with Gasteiger partial charge in [0, 0.05) is 9.86 Å². The van der Waals surface area contributed by atoms with Crippen molar-refractivity contribution in [2.75, 3.05) is 0 Å². The van der Waals surface area contributed by atoms with E-state index in [1.54, 1.807) is 6.07 Å². The lowest BCUT2D eigenvalue weighted by Crippen LogP contribution is -2.09. The van der Waals surface area contributed by atoms with E-state index in [-0.39, 0.29) is 0 Å². The maximum Gasteiger partial charge on any atom is 0.314 e. The summed E-state index contributed by atoms with van der Waals surface area (Å²) in [4.78, 5) is 11.0. The molecule has 1 atom stereocenters. The highest BCUT2D eigenvalue weighted by atomic mass is 79.9. The predicted octanol–water partition coefficient (Wildman–Crippen LogP) is 3.17. The fraction of sp³-hybridized carbons (Fsp3) is 0.273. The lowest BCUT2D eigenvalue weighted by molar-refractivity contribution is -0.139. The van der Waals surface area contributed by atoms with Gasteiger partial charge in [-0.15, -0.1) is 0 Å². The average Bonchev–Trinajstić information content (AvgIpc) is 2.62. The van der Waals surface area contributed by atoms with Gasteiger partial charge in [-0.05, 0) is 24.6 Å². The number of aliphatic carboxylic acids is 1. The summed E-state index contributed by atoms with van der Waals surface area (Å²) < 4.78 is 6.02. The molecule has 4 nitrogen and oxygen atoms in total. The van der Waals surface area contributed by atoms with Gasteiger partial charge >= 0.3 is 5.97 Å². The smallest absolute Gasteiger partial charge is 0.314 e. The lowest BCUT2D eigenvalue weighted by atomic mass is 10.0. The van der Waals surface area contributed by atoms with E-state index in [9.17, 15) is 4.79 Å². The Hall–Kier alpha value is -1.36. The highest BCUT2D eigenvalue weighted by Crippen LogP contribution is 2.29. The molecule has 0 saturated carbocycles. The van der Waals surface area contributed by atoms with Crippen LogP contribution in [0.25, 0.3) is 10.9 Å². The largest absolute Gasteiger partial charge is 0.481 e. The van der Waals surface area contributed by atoms with Crippen LogP contribution in [-0.4, -0.2) is 16.2 Å². The molecule has 5 heteroatoms. The van der Waals surface area contributed by atoms with Gasteiger partial charge in [-0.2, -0.15) is 0 Å². The molecule has 1 heterocycles. The Morgan fingerprint density at radius 3 is 3.00 bits per heavy atom. The van der Waals surface area contributed by atoms with E-state index < -0.39 is 11.9 Å². The number of benzene rings is 1. The second-order valence-electron chi connectivity index (χ2n) is 3.51. The number of nitrogens with zero attached hydrogens (tertiary/aromatic N) is 1. The molecule has 1 N–H and O–H groups in total. The van der Waals surface area contributed by atoms with E-state index in [2.05, 4.69) is 21.1 Å². The van der Waals surface area contributed by atoms with Crippen LogP contribution in [0.5, 0.6) is 0 Å².